The number of carbonyl (C=O) groups is 2. The standard InChI is InChI=1S/C32H33F7N3O3P/c1-6-30(3,18-12-19(31(34,35)36)14-20(13-18)32(37,38)39)29(44)41(4)27-16-40-24(25-9-10-26(42(25)46)28(43)45-5)15-23(27)22-8-7-21(33)11-17(22)2/h7-8,11-16,25-26H,6,9-10,46H2,1-5H3. The monoisotopic (exact) mass is 671 g/mol. The summed E-state index contributed by atoms with van der Waals surface area (Å²) in [6, 6.07) is 6.00. The predicted molar refractivity (Wildman–Crippen MR) is 161 cm³/mol. The molecule has 0 spiro atoms. The molecule has 1 aromatic heterocycles. The highest BCUT2D eigenvalue weighted by atomic mass is 31.0. The zero-order chi connectivity index (χ0) is 34.4. The van der Waals surface area contributed by atoms with E-state index in [0.717, 1.165) is 4.90 Å². The Bertz CT molecular complexity index is 1610. The van der Waals surface area contributed by atoms with Crippen LogP contribution in [0.1, 0.15) is 67.1 Å². The Hall–Kier alpha value is -3.57. The van der Waals surface area contributed by atoms with Crippen LogP contribution in [0.4, 0.5) is 36.4 Å². The third-order valence-electron chi connectivity index (χ3n) is 8.70. The molecule has 14 heteroatoms. The van der Waals surface area contributed by atoms with Crippen LogP contribution in [0.3, 0.4) is 0 Å². The Morgan fingerprint density at radius 2 is 1.57 bits per heavy atom. The minimum absolute atomic E-state index is 0.0227. The average Bonchev–Trinajstić information content (AvgIpc) is 3.39. The molecule has 0 aliphatic carbocycles. The zero-order valence-electron chi connectivity index (χ0n) is 25.7. The van der Waals surface area contributed by atoms with Crippen molar-refractivity contribution in [2.24, 2.45) is 0 Å². The molecule has 0 N–H and O–H groups in total. The SMILES string of the molecule is CCC(C)(C(=O)N(C)c1cnc(C2CCC(C(=O)OC)N2P)cc1-c1ccc(F)cc1C)c1cc(C(F)(F)F)cc(C(F)(F)F)c1. The van der Waals surface area contributed by atoms with E-state index in [1.807, 2.05) is 0 Å². The Kier molecular flexibility index (Phi) is 9.90. The van der Waals surface area contributed by atoms with E-state index in [1.165, 1.54) is 52.4 Å². The van der Waals surface area contributed by atoms with Gasteiger partial charge in [0.1, 0.15) is 11.9 Å². The van der Waals surface area contributed by atoms with Gasteiger partial charge in [0.05, 0.1) is 47.3 Å². The van der Waals surface area contributed by atoms with Gasteiger partial charge in [0, 0.05) is 12.6 Å². The van der Waals surface area contributed by atoms with Gasteiger partial charge in [0.2, 0.25) is 5.91 Å². The van der Waals surface area contributed by atoms with Gasteiger partial charge in [-0.15, -0.1) is 0 Å². The van der Waals surface area contributed by atoms with E-state index >= 15 is 0 Å². The summed E-state index contributed by atoms with van der Waals surface area (Å²) in [6.45, 7) is 4.45. The molecule has 4 atom stereocenters. The van der Waals surface area contributed by atoms with E-state index in [1.54, 1.807) is 17.7 Å². The second kappa shape index (κ2) is 12.9. The lowest BCUT2D eigenvalue weighted by Crippen LogP contribution is -2.43. The molecule has 4 rings (SSSR count). The number of carbonyl (C=O) groups excluding carboxylic acids is 2. The van der Waals surface area contributed by atoms with Crippen LogP contribution < -0.4 is 4.90 Å². The lowest BCUT2D eigenvalue weighted by atomic mass is 9.77. The van der Waals surface area contributed by atoms with Crippen LogP contribution in [0.15, 0.2) is 48.7 Å². The minimum Gasteiger partial charge on any atom is -0.468 e. The summed E-state index contributed by atoms with van der Waals surface area (Å²) in [5.74, 6) is -1.70. The summed E-state index contributed by atoms with van der Waals surface area (Å²) < 4.78 is 103. The maximum absolute atomic E-state index is 14.2. The highest BCUT2D eigenvalue weighted by Gasteiger charge is 2.43. The molecule has 0 radical (unpaired) electrons. The fourth-order valence-electron chi connectivity index (χ4n) is 5.80. The van der Waals surface area contributed by atoms with Crippen LogP contribution in [0.2, 0.25) is 0 Å². The maximum Gasteiger partial charge on any atom is 0.416 e. The molecule has 1 amide bonds. The summed E-state index contributed by atoms with van der Waals surface area (Å²) in [4.78, 5) is 32.2. The van der Waals surface area contributed by atoms with E-state index < -0.39 is 58.2 Å². The highest BCUT2D eigenvalue weighted by Crippen LogP contribution is 2.44. The molecule has 4 unspecified atom stereocenters. The van der Waals surface area contributed by atoms with E-state index in [9.17, 15) is 40.3 Å². The van der Waals surface area contributed by atoms with Crippen molar-refractivity contribution in [3.63, 3.8) is 0 Å². The van der Waals surface area contributed by atoms with Gasteiger partial charge in [-0.25, -0.2) is 4.39 Å². The van der Waals surface area contributed by atoms with Crippen LogP contribution in [-0.2, 0) is 32.1 Å². The molecule has 1 aliphatic rings. The molecule has 2 heterocycles. The van der Waals surface area contributed by atoms with Gasteiger partial charge in [0.15, 0.2) is 0 Å². The molecule has 1 saturated heterocycles. The summed E-state index contributed by atoms with van der Waals surface area (Å²) in [7, 11) is 5.15. The number of alkyl halides is 6. The lowest BCUT2D eigenvalue weighted by Gasteiger charge is -2.34. The first kappa shape index (κ1) is 35.3. The Balaban J connectivity index is 1.85. The van der Waals surface area contributed by atoms with Crippen LogP contribution in [0.5, 0.6) is 0 Å². The van der Waals surface area contributed by atoms with Crippen LogP contribution in [-0.4, -0.2) is 41.7 Å². The third-order valence-corrected chi connectivity index (χ3v) is 9.42. The largest absolute Gasteiger partial charge is 0.468 e. The molecule has 6 nitrogen and oxygen atoms in total. The van der Waals surface area contributed by atoms with Crippen LogP contribution in [0, 0.1) is 12.7 Å². The van der Waals surface area contributed by atoms with Crippen molar-refractivity contribution in [2.75, 3.05) is 19.1 Å². The van der Waals surface area contributed by atoms with Crippen molar-refractivity contribution < 1.29 is 45.1 Å². The molecular weight excluding hydrogens is 638 g/mol. The Morgan fingerprint density at radius 1 is 0.978 bits per heavy atom. The quantitative estimate of drug-likeness (QED) is 0.145. The van der Waals surface area contributed by atoms with Gasteiger partial charge in [0.25, 0.3) is 0 Å². The second-order valence-electron chi connectivity index (χ2n) is 11.5. The minimum atomic E-state index is -5.09. The molecular formula is C32H33F7N3O3P. The predicted octanol–water partition coefficient (Wildman–Crippen LogP) is 8.03. The van der Waals surface area contributed by atoms with Gasteiger partial charge in [-0.05, 0) is 86.2 Å². The van der Waals surface area contributed by atoms with Gasteiger partial charge in [-0.1, -0.05) is 22.4 Å². The third kappa shape index (κ3) is 6.76. The summed E-state index contributed by atoms with van der Waals surface area (Å²) in [5.41, 5.74) is -3.14. The fourth-order valence-corrected chi connectivity index (χ4v) is 6.37. The number of rotatable bonds is 7. The van der Waals surface area contributed by atoms with Crippen LogP contribution in [0.25, 0.3) is 11.1 Å². The van der Waals surface area contributed by atoms with Crippen molar-refractivity contribution in [1.29, 1.82) is 0 Å². The second-order valence-corrected chi connectivity index (χ2v) is 12.1. The molecule has 0 saturated carbocycles. The molecule has 248 valence electrons. The van der Waals surface area contributed by atoms with E-state index in [2.05, 4.69) is 14.4 Å². The van der Waals surface area contributed by atoms with E-state index in [0.29, 0.717) is 47.4 Å². The number of ether oxygens (including phenoxy) is 1. The van der Waals surface area contributed by atoms with Gasteiger partial charge < -0.3 is 9.64 Å². The first-order chi connectivity index (χ1) is 21.3. The Morgan fingerprint density at radius 3 is 2.09 bits per heavy atom. The molecule has 3 aromatic rings. The fraction of sp³-hybridized carbons (Fsp3) is 0.406. The number of pyridine rings is 1. The number of methoxy groups -OCH3 is 1. The highest BCUT2D eigenvalue weighted by molar-refractivity contribution is 7.13. The van der Waals surface area contributed by atoms with Gasteiger partial charge in [-0.2, -0.15) is 26.3 Å². The summed E-state index contributed by atoms with van der Waals surface area (Å²) in [6.07, 6.45) is -7.91. The number of benzene rings is 2. The Labute approximate surface area is 264 Å². The summed E-state index contributed by atoms with van der Waals surface area (Å²) >= 11 is 0. The van der Waals surface area contributed by atoms with Gasteiger partial charge in [-0.3, -0.25) is 19.2 Å². The van der Waals surface area contributed by atoms with Crippen molar-refractivity contribution in [3.05, 3.63) is 82.4 Å². The molecule has 46 heavy (non-hydrogen) atoms. The number of hydrogen-bond acceptors (Lipinski definition) is 5. The first-order valence-electron chi connectivity index (χ1n) is 14.3. The normalized spacial score (nSPS) is 18.7. The van der Waals surface area contributed by atoms with Gasteiger partial charge >= 0.3 is 18.3 Å². The number of amides is 1. The lowest BCUT2D eigenvalue weighted by molar-refractivity contribution is -0.145. The van der Waals surface area contributed by atoms with E-state index in [-0.39, 0.29) is 24.2 Å². The number of aromatic nitrogens is 1. The average molecular weight is 672 g/mol. The van der Waals surface area contributed by atoms with Crippen molar-refractivity contribution in [1.82, 2.24) is 9.65 Å². The number of halogens is 7. The maximum atomic E-state index is 14.2. The van der Waals surface area contributed by atoms with Crippen LogP contribution >= 0.6 is 9.39 Å². The number of likely N-dealkylation sites (N-methyl/N-ethyl adjacent to an activating group) is 1. The zero-order valence-corrected chi connectivity index (χ0v) is 26.8. The number of anilines is 1. The molecule has 1 fully saturated rings. The smallest absolute Gasteiger partial charge is 0.416 e. The van der Waals surface area contributed by atoms with E-state index in [4.69, 9.17) is 4.74 Å². The number of hydrogen-bond donors (Lipinski definition) is 0. The van der Waals surface area contributed by atoms with Crippen molar-refractivity contribution in [3.8, 4) is 11.1 Å². The van der Waals surface area contributed by atoms with Crippen molar-refractivity contribution >= 4 is 27.0 Å². The topological polar surface area (TPSA) is 62.7 Å². The molecule has 1 aliphatic heterocycles. The molecule has 0 bridgehead atoms. The number of nitrogens with zero attached hydrogens (tertiary/aromatic N) is 3. The van der Waals surface area contributed by atoms with Crippen molar-refractivity contribution in [2.45, 2.75) is 69.9 Å². The number of esters is 1. The summed E-state index contributed by atoms with van der Waals surface area (Å²) in [5, 5.41) is 0. The number of aryl methyl sites for hydroxylation is 1. The first-order valence-corrected chi connectivity index (χ1v) is 14.8. The molecule has 2 aromatic carbocycles.